The van der Waals surface area contributed by atoms with Crippen molar-refractivity contribution in [3.05, 3.63) is 77.0 Å². The summed E-state index contributed by atoms with van der Waals surface area (Å²) in [5.41, 5.74) is 9.75. The zero-order chi connectivity index (χ0) is 26.0. The van der Waals surface area contributed by atoms with Gasteiger partial charge in [-0.05, 0) is 53.0 Å². The van der Waals surface area contributed by atoms with Crippen LogP contribution in [0.25, 0.3) is 11.6 Å². The van der Waals surface area contributed by atoms with E-state index in [4.69, 9.17) is 15.2 Å². The number of para-hydroxylation sites is 1. The van der Waals surface area contributed by atoms with E-state index in [9.17, 15) is 4.79 Å². The van der Waals surface area contributed by atoms with Crippen molar-refractivity contribution in [1.82, 2.24) is 5.32 Å². The molecule has 0 aromatic heterocycles. The standard InChI is InChI=1S/C28H37N3O3S/c1-28(2,3)19-34-26-21(9-8-10-24(26)33-6)13-16-23(29)25(27(32)30-17-18-35-7)20-11-14-22(15-12-20)31(4)5/h8-18H,19,29H2,1-7H3,(H,30,32)/b16-13+,18-17-,25-23-. The number of nitrogens with zero attached hydrogens (tertiary/aromatic N) is 1. The average molecular weight is 496 g/mol. The highest BCUT2D eigenvalue weighted by atomic mass is 32.2. The third-order valence-corrected chi connectivity index (χ3v) is 5.34. The van der Waals surface area contributed by atoms with E-state index in [1.54, 1.807) is 24.8 Å². The summed E-state index contributed by atoms with van der Waals surface area (Å²) < 4.78 is 11.6. The Morgan fingerprint density at radius 3 is 2.40 bits per heavy atom. The van der Waals surface area contributed by atoms with Crippen molar-refractivity contribution >= 4 is 35.0 Å². The molecule has 0 bridgehead atoms. The van der Waals surface area contributed by atoms with E-state index in [1.807, 2.05) is 73.8 Å². The maximum atomic E-state index is 13.1. The van der Waals surface area contributed by atoms with Crippen molar-refractivity contribution in [3.63, 3.8) is 0 Å². The summed E-state index contributed by atoms with van der Waals surface area (Å²) in [5, 5.41) is 4.60. The van der Waals surface area contributed by atoms with Crippen molar-refractivity contribution in [2.24, 2.45) is 11.1 Å². The molecule has 0 unspecified atom stereocenters. The van der Waals surface area contributed by atoms with Crippen LogP contribution in [0.1, 0.15) is 31.9 Å². The monoisotopic (exact) mass is 495 g/mol. The van der Waals surface area contributed by atoms with Crippen LogP contribution in [-0.2, 0) is 4.79 Å². The molecule has 1 amide bonds. The second-order valence-corrected chi connectivity index (χ2v) is 10.1. The summed E-state index contributed by atoms with van der Waals surface area (Å²) in [6, 6.07) is 13.4. The first-order valence-corrected chi connectivity index (χ1v) is 12.6. The highest BCUT2D eigenvalue weighted by Gasteiger charge is 2.17. The number of benzene rings is 2. The van der Waals surface area contributed by atoms with Gasteiger partial charge in [0.15, 0.2) is 11.5 Å². The van der Waals surface area contributed by atoms with Gasteiger partial charge in [-0.25, -0.2) is 0 Å². The van der Waals surface area contributed by atoms with Crippen LogP contribution in [0.5, 0.6) is 11.5 Å². The first-order chi connectivity index (χ1) is 16.6. The number of nitrogens with two attached hydrogens (primary N) is 1. The van der Waals surface area contributed by atoms with Crippen molar-refractivity contribution in [1.29, 1.82) is 0 Å². The highest BCUT2D eigenvalue weighted by molar-refractivity contribution is 8.01. The van der Waals surface area contributed by atoms with Crippen molar-refractivity contribution < 1.29 is 14.3 Å². The molecule has 0 aliphatic carbocycles. The summed E-state index contributed by atoms with van der Waals surface area (Å²) in [6.07, 6.45) is 7.10. The number of thioether (sulfide) groups is 1. The van der Waals surface area contributed by atoms with Crippen LogP contribution < -0.4 is 25.4 Å². The van der Waals surface area contributed by atoms with Gasteiger partial charge in [-0.2, -0.15) is 0 Å². The van der Waals surface area contributed by atoms with Crippen LogP contribution >= 0.6 is 11.8 Å². The van der Waals surface area contributed by atoms with E-state index in [0.29, 0.717) is 29.4 Å². The Morgan fingerprint density at radius 1 is 1.14 bits per heavy atom. The molecule has 2 aromatic rings. The predicted octanol–water partition coefficient (Wildman–Crippen LogP) is 5.52. The minimum Gasteiger partial charge on any atom is -0.493 e. The van der Waals surface area contributed by atoms with Gasteiger partial charge >= 0.3 is 0 Å². The Bertz CT molecular complexity index is 1080. The molecule has 0 atom stereocenters. The number of methoxy groups -OCH3 is 1. The van der Waals surface area contributed by atoms with Crippen LogP contribution in [-0.4, -0.2) is 40.0 Å². The second kappa shape index (κ2) is 13.0. The smallest absolute Gasteiger partial charge is 0.257 e. The van der Waals surface area contributed by atoms with Crippen LogP contribution in [0.3, 0.4) is 0 Å². The molecule has 2 aromatic carbocycles. The van der Waals surface area contributed by atoms with Gasteiger partial charge in [0.2, 0.25) is 0 Å². The predicted molar refractivity (Wildman–Crippen MR) is 150 cm³/mol. The van der Waals surface area contributed by atoms with E-state index in [1.165, 1.54) is 11.8 Å². The fourth-order valence-corrected chi connectivity index (χ4v) is 3.34. The van der Waals surface area contributed by atoms with Gasteiger partial charge in [0.25, 0.3) is 5.91 Å². The largest absolute Gasteiger partial charge is 0.493 e. The second-order valence-electron chi connectivity index (χ2n) is 9.34. The Labute approximate surface area is 213 Å². The molecule has 35 heavy (non-hydrogen) atoms. The third kappa shape index (κ3) is 8.44. The van der Waals surface area contributed by atoms with Crippen LogP contribution in [0.2, 0.25) is 0 Å². The molecular weight excluding hydrogens is 458 g/mol. The Balaban J connectivity index is 2.50. The number of amides is 1. The number of allylic oxidation sites excluding steroid dienone is 1. The van der Waals surface area contributed by atoms with Gasteiger partial charge < -0.3 is 25.4 Å². The maximum absolute atomic E-state index is 13.1. The van der Waals surface area contributed by atoms with Crippen molar-refractivity contribution in [2.75, 3.05) is 39.0 Å². The minimum atomic E-state index is -0.287. The van der Waals surface area contributed by atoms with Crippen molar-refractivity contribution in [2.45, 2.75) is 20.8 Å². The Kier molecular flexibility index (Phi) is 10.3. The molecule has 0 aliphatic rings. The van der Waals surface area contributed by atoms with E-state index in [0.717, 1.165) is 16.8 Å². The van der Waals surface area contributed by atoms with Gasteiger partial charge in [0, 0.05) is 37.2 Å². The molecule has 7 heteroatoms. The van der Waals surface area contributed by atoms with E-state index in [-0.39, 0.29) is 11.3 Å². The number of hydrogen-bond donors (Lipinski definition) is 2. The molecule has 0 radical (unpaired) electrons. The van der Waals surface area contributed by atoms with Crippen LogP contribution in [0, 0.1) is 5.41 Å². The van der Waals surface area contributed by atoms with Crippen LogP contribution in [0.15, 0.2) is 65.8 Å². The van der Waals surface area contributed by atoms with E-state index < -0.39 is 0 Å². The van der Waals surface area contributed by atoms with E-state index in [2.05, 4.69) is 26.1 Å². The highest BCUT2D eigenvalue weighted by Crippen LogP contribution is 2.34. The van der Waals surface area contributed by atoms with Crippen LogP contribution in [0.4, 0.5) is 5.69 Å². The molecule has 0 saturated carbocycles. The lowest BCUT2D eigenvalue weighted by molar-refractivity contribution is -0.114. The summed E-state index contributed by atoms with van der Waals surface area (Å²) in [4.78, 5) is 15.1. The average Bonchev–Trinajstić information content (AvgIpc) is 2.81. The number of anilines is 1. The van der Waals surface area contributed by atoms with Crippen molar-refractivity contribution in [3.8, 4) is 11.5 Å². The lowest BCUT2D eigenvalue weighted by Crippen LogP contribution is -2.21. The number of ether oxygens (including phenoxy) is 2. The number of carbonyl (C=O) groups excluding carboxylic acids is 1. The molecule has 0 spiro atoms. The van der Waals surface area contributed by atoms with Gasteiger partial charge in [0.05, 0.1) is 19.3 Å². The summed E-state index contributed by atoms with van der Waals surface area (Å²) in [5.74, 6) is 0.988. The molecule has 0 heterocycles. The minimum absolute atomic E-state index is 0.0188. The molecule has 188 valence electrons. The Morgan fingerprint density at radius 2 is 1.83 bits per heavy atom. The fourth-order valence-electron chi connectivity index (χ4n) is 3.14. The number of nitrogens with one attached hydrogen (secondary N) is 1. The van der Waals surface area contributed by atoms with Gasteiger partial charge in [0.1, 0.15) is 0 Å². The molecule has 3 N–H and O–H groups in total. The first-order valence-electron chi connectivity index (χ1n) is 11.3. The third-order valence-electron chi connectivity index (χ3n) is 4.93. The quantitative estimate of drug-likeness (QED) is 0.334. The topological polar surface area (TPSA) is 76.8 Å². The lowest BCUT2D eigenvalue weighted by Gasteiger charge is -2.21. The zero-order valence-corrected chi connectivity index (χ0v) is 22.5. The van der Waals surface area contributed by atoms with Gasteiger partial charge in [-0.1, -0.05) is 45.0 Å². The molecule has 2 rings (SSSR count). The molecule has 0 saturated heterocycles. The molecule has 6 nitrogen and oxygen atoms in total. The normalized spacial score (nSPS) is 12.5. The SMILES string of the molecule is COc1cccc(/C=C/C(N)=C(/C(=O)N/C=C\SC)c2ccc(N(C)C)cc2)c1OCC(C)(C)C. The number of carbonyl (C=O) groups is 1. The lowest BCUT2D eigenvalue weighted by atomic mass is 9.98. The summed E-state index contributed by atoms with van der Waals surface area (Å²) in [6.45, 7) is 6.84. The number of hydrogen-bond acceptors (Lipinski definition) is 6. The summed E-state index contributed by atoms with van der Waals surface area (Å²) in [7, 11) is 5.55. The van der Waals surface area contributed by atoms with Gasteiger partial charge in [-0.3, -0.25) is 4.79 Å². The van der Waals surface area contributed by atoms with Gasteiger partial charge in [-0.15, -0.1) is 11.8 Å². The molecule has 0 aliphatic heterocycles. The van der Waals surface area contributed by atoms with E-state index >= 15 is 0 Å². The summed E-state index contributed by atoms with van der Waals surface area (Å²) >= 11 is 1.50. The molecular formula is C28H37N3O3S. The first kappa shape index (κ1) is 27.9. The molecule has 0 fully saturated rings. The Hall–Kier alpha value is -3.32. The number of rotatable bonds is 10. The zero-order valence-electron chi connectivity index (χ0n) is 21.7. The maximum Gasteiger partial charge on any atom is 0.257 e. The fraction of sp³-hybridized carbons (Fsp3) is 0.321.